The van der Waals surface area contributed by atoms with Gasteiger partial charge in [0, 0.05) is 12.6 Å². The summed E-state index contributed by atoms with van der Waals surface area (Å²) in [7, 11) is 1.60. The molecule has 5 rings (SSSR count). The van der Waals surface area contributed by atoms with Crippen LogP contribution in [0.2, 0.25) is 0 Å². The third-order valence-corrected chi connectivity index (χ3v) is 5.33. The molecule has 0 saturated carbocycles. The van der Waals surface area contributed by atoms with Crippen LogP contribution < -0.4 is 15.8 Å². The Hall–Kier alpha value is -4.39. The van der Waals surface area contributed by atoms with Gasteiger partial charge in [-0.3, -0.25) is 9.36 Å². The summed E-state index contributed by atoms with van der Waals surface area (Å²) in [6.07, 6.45) is 0. The SMILES string of the molecule is COc1cccc(-n2c(N)c(C(=O)NCc3ccccc3)c3nc4ccccc4nc32)c1. The van der Waals surface area contributed by atoms with Crippen LogP contribution in [0.1, 0.15) is 15.9 Å². The number of nitrogens with two attached hydrogens (primary N) is 1. The number of aromatic nitrogens is 3. The number of nitrogen functional groups attached to an aromatic ring is 1. The van der Waals surface area contributed by atoms with Gasteiger partial charge in [-0.05, 0) is 29.8 Å². The fraction of sp³-hybridized carbons (Fsp3) is 0.0800. The summed E-state index contributed by atoms with van der Waals surface area (Å²) >= 11 is 0. The zero-order valence-electron chi connectivity index (χ0n) is 17.4. The topological polar surface area (TPSA) is 95.1 Å². The first kappa shape index (κ1) is 19.6. The largest absolute Gasteiger partial charge is 0.497 e. The Kier molecular flexibility index (Phi) is 4.91. The van der Waals surface area contributed by atoms with Crippen molar-refractivity contribution >= 4 is 33.9 Å². The second-order valence-corrected chi connectivity index (χ2v) is 7.35. The van der Waals surface area contributed by atoms with Gasteiger partial charge in [-0.25, -0.2) is 9.97 Å². The van der Waals surface area contributed by atoms with Gasteiger partial charge in [-0.2, -0.15) is 0 Å². The number of methoxy groups -OCH3 is 1. The van der Waals surface area contributed by atoms with E-state index in [1.54, 1.807) is 11.7 Å². The van der Waals surface area contributed by atoms with E-state index in [0.717, 1.165) is 16.8 Å². The molecular formula is C25H21N5O2. The summed E-state index contributed by atoms with van der Waals surface area (Å²) in [5, 5.41) is 2.96. The fourth-order valence-electron chi connectivity index (χ4n) is 3.76. The number of hydrogen-bond donors (Lipinski definition) is 2. The van der Waals surface area contributed by atoms with Crippen LogP contribution in [-0.2, 0) is 6.54 Å². The average molecular weight is 423 g/mol. The zero-order valence-corrected chi connectivity index (χ0v) is 17.4. The van der Waals surface area contributed by atoms with Gasteiger partial charge < -0.3 is 15.8 Å². The lowest BCUT2D eigenvalue weighted by Gasteiger charge is -2.10. The van der Waals surface area contributed by atoms with Gasteiger partial charge >= 0.3 is 0 Å². The summed E-state index contributed by atoms with van der Waals surface area (Å²) in [5.74, 6) is 0.643. The third kappa shape index (κ3) is 3.39. The van der Waals surface area contributed by atoms with Gasteiger partial charge in [0.05, 0.1) is 23.8 Å². The van der Waals surface area contributed by atoms with Gasteiger partial charge in [0.25, 0.3) is 5.91 Å². The molecule has 0 unspecified atom stereocenters. The first-order valence-electron chi connectivity index (χ1n) is 10.2. The Morgan fingerprint density at radius 3 is 2.44 bits per heavy atom. The van der Waals surface area contributed by atoms with E-state index >= 15 is 0 Å². The number of carbonyl (C=O) groups excluding carboxylic acids is 1. The number of ether oxygens (including phenoxy) is 1. The van der Waals surface area contributed by atoms with Crippen LogP contribution in [0.15, 0.2) is 78.9 Å². The van der Waals surface area contributed by atoms with E-state index < -0.39 is 0 Å². The molecule has 3 N–H and O–H groups in total. The maximum absolute atomic E-state index is 13.3. The summed E-state index contributed by atoms with van der Waals surface area (Å²) in [4.78, 5) is 22.8. The van der Waals surface area contributed by atoms with Crippen molar-refractivity contribution in [3.63, 3.8) is 0 Å². The van der Waals surface area contributed by atoms with E-state index in [9.17, 15) is 4.79 Å². The number of rotatable bonds is 5. The van der Waals surface area contributed by atoms with Gasteiger partial charge in [0.15, 0.2) is 5.65 Å². The zero-order chi connectivity index (χ0) is 22.1. The molecule has 7 nitrogen and oxygen atoms in total. The molecule has 32 heavy (non-hydrogen) atoms. The van der Waals surface area contributed by atoms with Crippen LogP contribution in [-0.4, -0.2) is 27.6 Å². The average Bonchev–Trinajstić information content (AvgIpc) is 3.12. The standard InChI is InChI=1S/C25H21N5O2/c1-32-18-11-7-10-17(14-18)30-23(26)21(25(31)27-15-16-8-3-2-4-9-16)22-24(30)29-20-13-6-5-12-19(20)28-22/h2-14H,15,26H2,1H3,(H,27,31). The molecule has 0 aliphatic carbocycles. The monoisotopic (exact) mass is 423 g/mol. The molecule has 2 heterocycles. The predicted octanol–water partition coefficient (Wildman–Crippen LogP) is 4.09. The number of amides is 1. The Morgan fingerprint density at radius 1 is 0.969 bits per heavy atom. The first-order valence-corrected chi connectivity index (χ1v) is 10.2. The molecule has 3 aromatic carbocycles. The van der Waals surface area contributed by atoms with Gasteiger partial charge in [-0.1, -0.05) is 48.5 Å². The maximum atomic E-state index is 13.3. The molecule has 5 aromatic rings. The Balaban J connectivity index is 1.68. The summed E-state index contributed by atoms with van der Waals surface area (Å²) in [6, 6.07) is 24.7. The number of nitrogens with one attached hydrogen (secondary N) is 1. The molecular weight excluding hydrogens is 402 g/mol. The minimum atomic E-state index is -0.303. The quantitative estimate of drug-likeness (QED) is 0.444. The number of carbonyl (C=O) groups is 1. The molecule has 0 atom stereocenters. The van der Waals surface area contributed by atoms with E-state index in [1.165, 1.54) is 0 Å². The lowest BCUT2D eigenvalue weighted by molar-refractivity contribution is 0.0953. The van der Waals surface area contributed by atoms with Crippen molar-refractivity contribution in [2.45, 2.75) is 6.54 Å². The molecule has 158 valence electrons. The van der Waals surface area contributed by atoms with Gasteiger partial charge in [-0.15, -0.1) is 0 Å². The summed E-state index contributed by atoms with van der Waals surface area (Å²) < 4.78 is 7.12. The number of para-hydroxylation sites is 2. The Labute approximate surface area is 184 Å². The van der Waals surface area contributed by atoms with Crippen molar-refractivity contribution < 1.29 is 9.53 Å². The molecule has 0 bridgehead atoms. The molecule has 7 heteroatoms. The minimum Gasteiger partial charge on any atom is -0.497 e. The highest BCUT2D eigenvalue weighted by Gasteiger charge is 2.24. The van der Waals surface area contributed by atoms with Crippen molar-refractivity contribution in [2.75, 3.05) is 12.8 Å². The van der Waals surface area contributed by atoms with E-state index in [4.69, 9.17) is 20.4 Å². The van der Waals surface area contributed by atoms with E-state index in [-0.39, 0.29) is 11.7 Å². The molecule has 0 saturated heterocycles. The summed E-state index contributed by atoms with van der Waals surface area (Å²) in [5.41, 5.74) is 11.0. The Morgan fingerprint density at radius 2 is 1.69 bits per heavy atom. The Bertz CT molecular complexity index is 1440. The van der Waals surface area contributed by atoms with Crippen molar-refractivity contribution in [1.29, 1.82) is 0 Å². The molecule has 0 aliphatic heterocycles. The van der Waals surface area contributed by atoms with E-state index in [2.05, 4.69) is 5.32 Å². The normalized spacial score (nSPS) is 11.0. The molecule has 2 aromatic heterocycles. The number of hydrogen-bond acceptors (Lipinski definition) is 5. The van der Waals surface area contributed by atoms with Crippen LogP contribution >= 0.6 is 0 Å². The maximum Gasteiger partial charge on any atom is 0.257 e. The van der Waals surface area contributed by atoms with Crippen molar-refractivity contribution in [3.8, 4) is 11.4 Å². The number of fused-ring (bicyclic) bond motifs is 2. The van der Waals surface area contributed by atoms with Crippen molar-refractivity contribution in [2.24, 2.45) is 0 Å². The molecule has 0 radical (unpaired) electrons. The molecule has 0 aliphatic rings. The lowest BCUT2D eigenvalue weighted by Crippen LogP contribution is -2.23. The predicted molar refractivity (Wildman–Crippen MR) is 125 cm³/mol. The molecule has 0 spiro atoms. The van der Waals surface area contributed by atoms with Crippen LogP contribution in [0.3, 0.4) is 0 Å². The molecule has 0 fully saturated rings. The number of nitrogens with zero attached hydrogens (tertiary/aromatic N) is 3. The highest BCUT2D eigenvalue weighted by molar-refractivity contribution is 6.11. The molecule has 1 amide bonds. The third-order valence-electron chi connectivity index (χ3n) is 5.33. The van der Waals surface area contributed by atoms with Crippen molar-refractivity contribution in [3.05, 3.63) is 90.0 Å². The van der Waals surface area contributed by atoms with Gasteiger partial charge in [0.1, 0.15) is 22.6 Å². The lowest BCUT2D eigenvalue weighted by atomic mass is 10.2. The second kappa shape index (κ2) is 8.03. The smallest absolute Gasteiger partial charge is 0.257 e. The highest BCUT2D eigenvalue weighted by atomic mass is 16.5. The van der Waals surface area contributed by atoms with Crippen LogP contribution in [0, 0.1) is 0 Å². The fourth-order valence-corrected chi connectivity index (χ4v) is 3.76. The first-order chi connectivity index (χ1) is 15.7. The second-order valence-electron chi connectivity index (χ2n) is 7.35. The highest BCUT2D eigenvalue weighted by Crippen LogP contribution is 2.32. The van der Waals surface area contributed by atoms with E-state index in [0.29, 0.717) is 34.5 Å². The van der Waals surface area contributed by atoms with Crippen LogP contribution in [0.4, 0.5) is 5.82 Å². The number of benzene rings is 3. The van der Waals surface area contributed by atoms with Gasteiger partial charge in [0.2, 0.25) is 0 Å². The number of anilines is 1. The summed E-state index contributed by atoms with van der Waals surface area (Å²) in [6.45, 7) is 0.381. The van der Waals surface area contributed by atoms with E-state index in [1.807, 2.05) is 78.9 Å². The minimum absolute atomic E-state index is 0.272. The van der Waals surface area contributed by atoms with Crippen LogP contribution in [0.5, 0.6) is 5.75 Å². The van der Waals surface area contributed by atoms with Crippen LogP contribution in [0.25, 0.3) is 27.9 Å². The van der Waals surface area contributed by atoms with Crippen molar-refractivity contribution in [1.82, 2.24) is 19.9 Å².